The van der Waals surface area contributed by atoms with Gasteiger partial charge in [0.25, 0.3) is 0 Å². The third-order valence-corrected chi connectivity index (χ3v) is 3.55. The fraction of sp³-hybridized carbons (Fsp3) is 0.647. The molecule has 0 heterocycles. The summed E-state index contributed by atoms with van der Waals surface area (Å²) in [5, 5.41) is 0. The number of aryl methyl sites for hydroxylation is 1. The van der Waals surface area contributed by atoms with Crippen molar-refractivity contribution in [1.82, 2.24) is 4.90 Å². The molecule has 2 heteroatoms. The molecule has 0 spiro atoms. The van der Waals surface area contributed by atoms with Crippen molar-refractivity contribution in [1.29, 1.82) is 0 Å². The zero-order chi connectivity index (χ0) is 13.9. The van der Waals surface area contributed by atoms with Crippen molar-refractivity contribution in [2.45, 2.75) is 46.5 Å². The highest BCUT2D eigenvalue weighted by Gasteiger charge is 1.98. The van der Waals surface area contributed by atoms with Gasteiger partial charge in [-0.2, -0.15) is 0 Å². The lowest BCUT2D eigenvalue weighted by Crippen LogP contribution is -2.23. The minimum absolute atomic E-state index is 0.842. The Bertz CT molecular complexity index is 317. The SMILES string of the molecule is CCN(CC)CCCCCCOc1ccc(C)cc1. The predicted octanol–water partition coefficient (Wildman–Crippen LogP) is 4.28. The maximum atomic E-state index is 5.72. The molecule has 0 bridgehead atoms. The van der Waals surface area contributed by atoms with E-state index in [0.717, 1.165) is 18.8 Å². The lowest BCUT2D eigenvalue weighted by atomic mass is 10.2. The zero-order valence-electron chi connectivity index (χ0n) is 12.8. The van der Waals surface area contributed by atoms with E-state index in [-0.39, 0.29) is 0 Å². The summed E-state index contributed by atoms with van der Waals surface area (Å²) in [5.74, 6) is 0.994. The van der Waals surface area contributed by atoms with Gasteiger partial charge in [-0.1, -0.05) is 44.4 Å². The molecule has 0 radical (unpaired) electrons. The average Bonchev–Trinajstić information content (AvgIpc) is 2.44. The number of hydrogen-bond acceptors (Lipinski definition) is 2. The van der Waals surface area contributed by atoms with Crippen LogP contribution in [0.1, 0.15) is 45.1 Å². The van der Waals surface area contributed by atoms with E-state index in [2.05, 4.69) is 49.9 Å². The van der Waals surface area contributed by atoms with Gasteiger partial charge in [0.1, 0.15) is 5.75 Å². The van der Waals surface area contributed by atoms with Crippen LogP contribution in [-0.2, 0) is 0 Å². The van der Waals surface area contributed by atoms with Gasteiger partial charge in [-0.3, -0.25) is 0 Å². The summed E-state index contributed by atoms with van der Waals surface area (Å²) in [4.78, 5) is 2.49. The average molecular weight is 263 g/mol. The topological polar surface area (TPSA) is 12.5 Å². The highest BCUT2D eigenvalue weighted by Crippen LogP contribution is 2.12. The van der Waals surface area contributed by atoms with Crippen LogP contribution >= 0.6 is 0 Å². The molecule has 108 valence electrons. The Morgan fingerprint density at radius 2 is 1.53 bits per heavy atom. The smallest absolute Gasteiger partial charge is 0.119 e. The van der Waals surface area contributed by atoms with Crippen molar-refractivity contribution in [3.8, 4) is 5.75 Å². The van der Waals surface area contributed by atoms with Crippen LogP contribution in [-0.4, -0.2) is 31.1 Å². The van der Waals surface area contributed by atoms with Crippen molar-refractivity contribution in [3.63, 3.8) is 0 Å². The number of benzene rings is 1. The summed E-state index contributed by atoms with van der Waals surface area (Å²) in [5.41, 5.74) is 1.28. The fourth-order valence-corrected chi connectivity index (χ4v) is 2.16. The van der Waals surface area contributed by atoms with E-state index < -0.39 is 0 Å². The zero-order valence-corrected chi connectivity index (χ0v) is 12.8. The Labute approximate surface area is 118 Å². The summed E-state index contributed by atoms with van der Waals surface area (Å²) in [6.07, 6.45) is 5.05. The summed E-state index contributed by atoms with van der Waals surface area (Å²) < 4.78 is 5.72. The third kappa shape index (κ3) is 7.22. The second-order valence-corrected chi connectivity index (χ2v) is 5.10. The first-order valence-corrected chi connectivity index (χ1v) is 7.68. The van der Waals surface area contributed by atoms with Crippen molar-refractivity contribution in [2.24, 2.45) is 0 Å². The summed E-state index contributed by atoms with van der Waals surface area (Å²) in [6.45, 7) is 11.0. The van der Waals surface area contributed by atoms with E-state index in [0.29, 0.717) is 0 Å². The molecule has 0 saturated carbocycles. The molecule has 2 nitrogen and oxygen atoms in total. The fourth-order valence-electron chi connectivity index (χ4n) is 2.16. The van der Waals surface area contributed by atoms with Crippen molar-refractivity contribution in [2.75, 3.05) is 26.2 Å². The Morgan fingerprint density at radius 3 is 2.16 bits per heavy atom. The molecule has 1 aromatic rings. The molecule has 0 unspecified atom stereocenters. The normalized spacial score (nSPS) is 10.9. The van der Waals surface area contributed by atoms with E-state index in [4.69, 9.17) is 4.74 Å². The summed E-state index contributed by atoms with van der Waals surface area (Å²) in [7, 11) is 0. The van der Waals surface area contributed by atoms with Gasteiger partial charge in [-0.25, -0.2) is 0 Å². The second-order valence-electron chi connectivity index (χ2n) is 5.10. The van der Waals surface area contributed by atoms with Crippen LogP contribution in [0.25, 0.3) is 0 Å². The number of nitrogens with zero attached hydrogens (tertiary/aromatic N) is 1. The van der Waals surface area contributed by atoms with Gasteiger partial charge in [-0.05, 0) is 51.5 Å². The minimum Gasteiger partial charge on any atom is -0.494 e. The van der Waals surface area contributed by atoms with E-state index in [1.165, 1.54) is 44.5 Å². The first-order valence-electron chi connectivity index (χ1n) is 7.68. The predicted molar refractivity (Wildman–Crippen MR) is 82.9 cm³/mol. The Kier molecular flexibility index (Phi) is 8.31. The molecule has 0 aliphatic rings. The number of ether oxygens (including phenoxy) is 1. The van der Waals surface area contributed by atoms with Gasteiger partial charge >= 0.3 is 0 Å². The van der Waals surface area contributed by atoms with Crippen LogP contribution in [0.2, 0.25) is 0 Å². The molecule has 0 atom stereocenters. The van der Waals surface area contributed by atoms with E-state index >= 15 is 0 Å². The molecular formula is C17H29NO. The van der Waals surface area contributed by atoms with Gasteiger partial charge in [0.05, 0.1) is 6.61 Å². The lowest BCUT2D eigenvalue weighted by Gasteiger charge is -2.17. The minimum atomic E-state index is 0.842. The van der Waals surface area contributed by atoms with E-state index in [1.54, 1.807) is 0 Å². The molecule has 0 amide bonds. The second kappa shape index (κ2) is 9.85. The third-order valence-electron chi connectivity index (χ3n) is 3.55. The Morgan fingerprint density at radius 1 is 0.895 bits per heavy atom. The first-order chi connectivity index (χ1) is 9.26. The van der Waals surface area contributed by atoms with E-state index in [1.807, 2.05) is 0 Å². The standard InChI is InChI=1S/C17H29NO/c1-4-18(5-2)14-8-6-7-9-15-19-17-12-10-16(3)11-13-17/h10-13H,4-9,14-15H2,1-3H3. The van der Waals surface area contributed by atoms with Crippen LogP contribution < -0.4 is 4.74 Å². The van der Waals surface area contributed by atoms with Crippen molar-refractivity contribution >= 4 is 0 Å². The molecule has 0 saturated heterocycles. The van der Waals surface area contributed by atoms with E-state index in [9.17, 15) is 0 Å². The summed E-state index contributed by atoms with van der Waals surface area (Å²) in [6, 6.07) is 8.30. The molecule has 0 aliphatic carbocycles. The van der Waals surface area contributed by atoms with Crippen LogP contribution in [0.4, 0.5) is 0 Å². The maximum absolute atomic E-state index is 5.72. The van der Waals surface area contributed by atoms with Gasteiger partial charge in [-0.15, -0.1) is 0 Å². The molecule has 0 aromatic heterocycles. The molecule has 19 heavy (non-hydrogen) atoms. The Balaban J connectivity index is 1.98. The number of hydrogen-bond donors (Lipinski definition) is 0. The molecule has 0 N–H and O–H groups in total. The Hall–Kier alpha value is -1.02. The van der Waals surface area contributed by atoms with Crippen LogP contribution in [0.5, 0.6) is 5.75 Å². The first kappa shape index (κ1) is 16.0. The number of unbranched alkanes of at least 4 members (excludes halogenated alkanes) is 3. The van der Waals surface area contributed by atoms with Gasteiger partial charge in [0, 0.05) is 0 Å². The van der Waals surface area contributed by atoms with Crippen molar-refractivity contribution < 1.29 is 4.74 Å². The highest BCUT2D eigenvalue weighted by atomic mass is 16.5. The van der Waals surface area contributed by atoms with Crippen LogP contribution in [0.3, 0.4) is 0 Å². The van der Waals surface area contributed by atoms with Gasteiger partial charge in [0.2, 0.25) is 0 Å². The lowest BCUT2D eigenvalue weighted by molar-refractivity contribution is 0.284. The number of rotatable bonds is 10. The molecule has 0 fully saturated rings. The quantitative estimate of drug-likeness (QED) is 0.584. The monoisotopic (exact) mass is 263 g/mol. The largest absolute Gasteiger partial charge is 0.494 e. The van der Waals surface area contributed by atoms with Gasteiger partial charge < -0.3 is 9.64 Å². The maximum Gasteiger partial charge on any atom is 0.119 e. The molecule has 1 aromatic carbocycles. The molecular weight excluding hydrogens is 234 g/mol. The van der Waals surface area contributed by atoms with Gasteiger partial charge in [0.15, 0.2) is 0 Å². The highest BCUT2D eigenvalue weighted by molar-refractivity contribution is 5.26. The summed E-state index contributed by atoms with van der Waals surface area (Å²) >= 11 is 0. The molecule has 1 rings (SSSR count). The molecule has 0 aliphatic heterocycles. The van der Waals surface area contributed by atoms with Crippen LogP contribution in [0, 0.1) is 6.92 Å². The van der Waals surface area contributed by atoms with Crippen molar-refractivity contribution in [3.05, 3.63) is 29.8 Å². The van der Waals surface area contributed by atoms with Crippen LogP contribution in [0.15, 0.2) is 24.3 Å².